The topological polar surface area (TPSA) is 70.9 Å². The minimum atomic E-state index is -0.791. The monoisotopic (exact) mass is 454 g/mol. The number of nitrogens with zero attached hydrogens (tertiary/aromatic N) is 1. The van der Waals surface area contributed by atoms with Gasteiger partial charge in [-0.2, -0.15) is 0 Å². The Morgan fingerprint density at radius 1 is 1.27 bits per heavy atom. The van der Waals surface area contributed by atoms with Gasteiger partial charge in [0.05, 0.1) is 12.7 Å². The molecule has 0 aromatic heterocycles. The highest BCUT2D eigenvalue weighted by atomic mass is 19.1. The number of rotatable bonds is 8. The van der Waals surface area contributed by atoms with E-state index in [1.807, 2.05) is 12.1 Å². The second kappa shape index (κ2) is 11.0. The van der Waals surface area contributed by atoms with Crippen LogP contribution in [0.25, 0.3) is 0 Å². The van der Waals surface area contributed by atoms with Crippen molar-refractivity contribution < 1.29 is 19.0 Å². The number of fused-ring (bicyclic) bond motifs is 1. The average Bonchev–Trinajstić information content (AvgIpc) is 2.73. The van der Waals surface area contributed by atoms with Crippen molar-refractivity contribution in [2.45, 2.75) is 59.1 Å². The van der Waals surface area contributed by atoms with E-state index >= 15 is 0 Å². The molecule has 1 heterocycles. The molecule has 0 aliphatic carbocycles. The van der Waals surface area contributed by atoms with Crippen LogP contribution >= 0.6 is 0 Å². The minimum absolute atomic E-state index is 0.0582. The number of nitrogens with one attached hydrogen (secondary N) is 1. The molecule has 0 bridgehead atoms. The van der Waals surface area contributed by atoms with Crippen LogP contribution in [0.5, 0.6) is 5.75 Å². The molecule has 1 aliphatic heterocycles. The van der Waals surface area contributed by atoms with E-state index < -0.39 is 12.0 Å². The summed E-state index contributed by atoms with van der Waals surface area (Å²) >= 11 is 0. The maximum atomic E-state index is 13.6. The van der Waals surface area contributed by atoms with Crippen molar-refractivity contribution in [2.24, 2.45) is 16.3 Å². The Kier molecular flexibility index (Phi) is 8.38. The highest BCUT2D eigenvalue weighted by molar-refractivity contribution is 5.83. The minimum Gasteiger partial charge on any atom is -0.493 e. The van der Waals surface area contributed by atoms with Crippen molar-refractivity contribution in [1.82, 2.24) is 5.32 Å². The van der Waals surface area contributed by atoms with Gasteiger partial charge in [-0.3, -0.25) is 4.79 Å². The molecule has 3 rings (SSSR count). The second-order valence-corrected chi connectivity index (χ2v) is 10.1. The summed E-state index contributed by atoms with van der Waals surface area (Å²) in [6, 6.07) is 12.7. The lowest BCUT2D eigenvalue weighted by atomic mass is 9.86. The first-order valence-electron chi connectivity index (χ1n) is 11.6. The van der Waals surface area contributed by atoms with Crippen LogP contribution in [0.2, 0.25) is 0 Å². The molecule has 5 nitrogen and oxygen atoms in total. The summed E-state index contributed by atoms with van der Waals surface area (Å²) in [6.45, 7) is 8.95. The molecule has 2 aromatic rings. The van der Waals surface area contributed by atoms with Crippen LogP contribution in [0.3, 0.4) is 0 Å². The Morgan fingerprint density at radius 3 is 2.76 bits per heavy atom. The van der Waals surface area contributed by atoms with E-state index in [-0.39, 0.29) is 23.2 Å². The van der Waals surface area contributed by atoms with Gasteiger partial charge in [-0.1, -0.05) is 45.0 Å². The number of aliphatic hydroxyl groups excluding tert-OH is 1. The number of amides is 1. The van der Waals surface area contributed by atoms with E-state index in [9.17, 15) is 14.3 Å². The van der Waals surface area contributed by atoms with E-state index in [1.54, 1.807) is 6.07 Å². The van der Waals surface area contributed by atoms with Crippen LogP contribution in [0.4, 0.5) is 4.39 Å². The molecule has 2 unspecified atom stereocenters. The molecule has 0 saturated carbocycles. The largest absolute Gasteiger partial charge is 0.493 e. The van der Waals surface area contributed by atoms with Crippen LogP contribution in [0.15, 0.2) is 47.5 Å². The normalized spacial score (nSPS) is 17.9. The molecule has 3 atom stereocenters. The fourth-order valence-electron chi connectivity index (χ4n) is 4.22. The Morgan fingerprint density at radius 2 is 2.06 bits per heavy atom. The summed E-state index contributed by atoms with van der Waals surface area (Å²) in [5, 5.41) is 14.4. The van der Waals surface area contributed by atoms with Crippen LogP contribution in [-0.4, -0.2) is 36.5 Å². The van der Waals surface area contributed by atoms with Crippen molar-refractivity contribution in [3.8, 4) is 5.75 Å². The molecule has 1 aliphatic rings. The zero-order chi connectivity index (χ0) is 24.0. The number of aliphatic imine (C=N–C) groups is 1. The molecule has 2 N–H and O–H groups in total. The number of carbonyl (C=O) groups is 1. The van der Waals surface area contributed by atoms with E-state index in [1.165, 1.54) is 30.8 Å². The summed E-state index contributed by atoms with van der Waals surface area (Å²) in [7, 11) is 0. The average molecular weight is 455 g/mol. The first kappa shape index (κ1) is 25.1. The summed E-state index contributed by atoms with van der Waals surface area (Å²) in [4.78, 5) is 15.3. The van der Waals surface area contributed by atoms with E-state index in [4.69, 9.17) is 4.74 Å². The molecule has 0 fully saturated rings. The van der Waals surface area contributed by atoms with Crippen molar-refractivity contribution in [3.05, 3.63) is 65.0 Å². The van der Waals surface area contributed by atoms with E-state index in [0.717, 1.165) is 29.7 Å². The van der Waals surface area contributed by atoms with Crippen molar-refractivity contribution in [2.75, 3.05) is 13.2 Å². The summed E-state index contributed by atoms with van der Waals surface area (Å²) in [6.07, 6.45) is 2.85. The van der Waals surface area contributed by atoms with Crippen LogP contribution in [-0.2, 0) is 17.6 Å². The highest BCUT2D eigenvalue weighted by Crippen LogP contribution is 2.34. The number of hydrogen-bond donors (Lipinski definition) is 2. The molecule has 2 aromatic carbocycles. The van der Waals surface area contributed by atoms with Gasteiger partial charge in [-0.15, -0.1) is 0 Å². The van der Waals surface area contributed by atoms with Gasteiger partial charge in [-0.05, 0) is 47.6 Å². The number of benzene rings is 2. The fraction of sp³-hybridized carbons (Fsp3) is 0.481. The lowest BCUT2D eigenvalue weighted by molar-refractivity contribution is -0.115. The molecular formula is C27H35FN2O3. The van der Waals surface area contributed by atoms with Gasteiger partial charge in [0.2, 0.25) is 5.91 Å². The molecule has 1 amide bonds. The Balaban J connectivity index is 1.71. The number of carbonyl (C=O) groups excluding carboxylic acids is 1. The molecule has 33 heavy (non-hydrogen) atoms. The standard InChI is InChI=1S/C27H35FN2O3/c1-18(31)29-16-21(12-19-6-5-7-22(28)13-19)25(32)17-30-24-10-11-33-26-9-8-20(14-23(24)26)15-27(2,3)4/h5-9,13-14,16,21,24-25,30,32H,10-12,15,17H2,1-4H3/t21?,24?,25-/m1/s1. The molecular weight excluding hydrogens is 419 g/mol. The molecule has 0 saturated heterocycles. The quantitative estimate of drug-likeness (QED) is 0.569. The van der Waals surface area contributed by atoms with Crippen molar-refractivity contribution in [3.63, 3.8) is 0 Å². The summed E-state index contributed by atoms with van der Waals surface area (Å²) < 4.78 is 19.5. The smallest absolute Gasteiger partial charge is 0.242 e. The molecule has 0 spiro atoms. The van der Waals surface area contributed by atoms with E-state index in [0.29, 0.717) is 19.6 Å². The van der Waals surface area contributed by atoms with Gasteiger partial charge in [-0.25, -0.2) is 9.38 Å². The van der Waals surface area contributed by atoms with Crippen molar-refractivity contribution >= 4 is 12.1 Å². The Hall–Kier alpha value is -2.57. The number of halogens is 1. The van der Waals surface area contributed by atoms with Gasteiger partial charge in [0.15, 0.2) is 0 Å². The maximum absolute atomic E-state index is 13.6. The van der Waals surface area contributed by atoms with Crippen LogP contribution < -0.4 is 10.1 Å². The third-order valence-corrected chi connectivity index (χ3v) is 5.72. The maximum Gasteiger partial charge on any atom is 0.242 e. The van der Waals surface area contributed by atoms with Crippen LogP contribution in [0.1, 0.15) is 56.8 Å². The number of aliphatic hydroxyl groups is 1. The van der Waals surface area contributed by atoms with Gasteiger partial charge >= 0.3 is 0 Å². The summed E-state index contributed by atoms with van der Waals surface area (Å²) in [5.74, 6) is -0.202. The Bertz CT molecular complexity index is 984. The third-order valence-electron chi connectivity index (χ3n) is 5.72. The van der Waals surface area contributed by atoms with Gasteiger partial charge in [0.25, 0.3) is 0 Å². The van der Waals surface area contributed by atoms with Gasteiger partial charge in [0, 0.05) is 43.6 Å². The Labute approximate surface area is 196 Å². The number of hydrogen-bond acceptors (Lipinski definition) is 4. The third kappa shape index (κ3) is 7.76. The van der Waals surface area contributed by atoms with E-state index in [2.05, 4.69) is 43.2 Å². The highest BCUT2D eigenvalue weighted by Gasteiger charge is 2.25. The first-order valence-corrected chi connectivity index (χ1v) is 11.6. The molecule has 6 heteroatoms. The molecule has 178 valence electrons. The van der Waals surface area contributed by atoms with Gasteiger partial charge < -0.3 is 15.2 Å². The summed E-state index contributed by atoms with van der Waals surface area (Å²) in [5.41, 5.74) is 3.30. The van der Waals surface area contributed by atoms with Crippen LogP contribution in [0, 0.1) is 17.2 Å². The SMILES string of the molecule is CC(=O)N=CC(Cc1cccc(F)c1)[C@H](O)CNC1CCOc2ccc(CC(C)(C)C)cc21. The predicted molar refractivity (Wildman–Crippen MR) is 129 cm³/mol. The lowest BCUT2D eigenvalue weighted by Crippen LogP contribution is -2.38. The zero-order valence-electron chi connectivity index (χ0n) is 20.0. The fourth-order valence-corrected chi connectivity index (χ4v) is 4.22. The molecule has 0 radical (unpaired) electrons. The van der Waals surface area contributed by atoms with Crippen molar-refractivity contribution in [1.29, 1.82) is 0 Å². The predicted octanol–water partition coefficient (Wildman–Crippen LogP) is 4.66. The number of ether oxygens (including phenoxy) is 1. The second-order valence-electron chi connectivity index (χ2n) is 10.1. The van der Waals surface area contributed by atoms with Gasteiger partial charge in [0.1, 0.15) is 11.6 Å². The zero-order valence-corrected chi connectivity index (χ0v) is 20.0. The lowest BCUT2D eigenvalue weighted by Gasteiger charge is -2.30. The first-order chi connectivity index (χ1) is 15.6.